The van der Waals surface area contributed by atoms with E-state index in [1.807, 2.05) is 18.2 Å². The first kappa shape index (κ1) is 20.8. The van der Waals surface area contributed by atoms with Crippen LogP contribution in [0.4, 0.5) is 4.39 Å². The second kappa shape index (κ2) is 9.06. The molecule has 2 aromatic rings. The largest absolute Gasteiger partial charge is 0.496 e. The highest BCUT2D eigenvalue weighted by Gasteiger charge is 2.44. The maximum atomic E-state index is 13.1. The molecule has 2 aromatic carbocycles. The average Bonchev–Trinajstić information content (AvgIpc) is 2.72. The fourth-order valence-electron chi connectivity index (χ4n) is 4.40. The number of methoxy groups -OCH3 is 1. The summed E-state index contributed by atoms with van der Waals surface area (Å²) in [5.41, 5.74) is 2.28. The molecule has 0 radical (unpaired) electrons. The SMILES string of the molecule is CC[C@@]1(C)C[C@](CCNCc2ccc(F)cc2)(c2ccccc2OC)CCO1. The number of halogens is 1. The zero-order valence-corrected chi connectivity index (χ0v) is 17.3. The highest BCUT2D eigenvalue weighted by molar-refractivity contribution is 5.40. The molecular weight excluding hydrogens is 353 g/mol. The predicted molar refractivity (Wildman–Crippen MR) is 111 cm³/mol. The molecular formula is C24H32FNO2. The van der Waals surface area contributed by atoms with Crippen LogP contribution in [0.2, 0.25) is 0 Å². The standard InChI is InChI=1S/C24H32FNO2/c1-4-23(2)18-24(14-16-28-23,21-7-5-6-8-22(21)27-3)13-15-26-17-19-9-11-20(25)12-10-19/h5-12,26H,4,13-18H2,1-3H3/t23-,24+/m0/s1. The van der Waals surface area contributed by atoms with Gasteiger partial charge in [0.2, 0.25) is 0 Å². The Morgan fingerprint density at radius 3 is 2.61 bits per heavy atom. The fraction of sp³-hybridized carbons (Fsp3) is 0.500. The summed E-state index contributed by atoms with van der Waals surface area (Å²) in [6.07, 6.45) is 3.97. The van der Waals surface area contributed by atoms with Crippen LogP contribution in [0.5, 0.6) is 5.75 Å². The summed E-state index contributed by atoms with van der Waals surface area (Å²) in [5, 5.41) is 3.54. The summed E-state index contributed by atoms with van der Waals surface area (Å²) in [6.45, 7) is 6.81. The number of hydrogen-bond acceptors (Lipinski definition) is 3. The Morgan fingerprint density at radius 1 is 1.14 bits per heavy atom. The van der Waals surface area contributed by atoms with E-state index in [-0.39, 0.29) is 16.8 Å². The molecule has 1 fully saturated rings. The van der Waals surface area contributed by atoms with E-state index >= 15 is 0 Å². The molecule has 1 aliphatic heterocycles. The van der Waals surface area contributed by atoms with Gasteiger partial charge in [-0.05, 0) is 62.9 Å². The smallest absolute Gasteiger partial charge is 0.123 e. The Kier molecular flexibility index (Phi) is 6.73. The van der Waals surface area contributed by atoms with Gasteiger partial charge in [0.1, 0.15) is 11.6 Å². The summed E-state index contributed by atoms with van der Waals surface area (Å²) in [7, 11) is 1.75. The van der Waals surface area contributed by atoms with Gasteiger partial charge in [-0.25, -0.2) is 4.39 Å². The first-order chi connectivity index (χ1) is 13.5. The minimum Gasteiger partial charge on any atom is -0.496 e. The molecule has 3 rings (SSSR count). The van der Waals surface area contributed by atoms with Gasteiger partial charge in [-0.3, -0.25) is 0 Å². The molecule has 1 saturated heterocycles. The molecule has 28 heavy (non-hydrogen) atoms. The van der Waals surface area contributed by atoms with Crippen molar-refractivity contribution in [2.24, 2.45) is 0 Å². The van der Waals surface area contributed by atoms with Crippen LogP contribution in [-0.2, 0) is 16.7 Å². The van der Waals surface area contributed by atoms with Gasteiger partial charge in [0, 0.05) is 24.1 Å². The zero-order valence-electron chi connectivity index (χ0n) is 17.3. The highest BCUT2D eigenvalue weighted by Crippen LogP contribution is 2.47. The van der Waals surface area contributed by atoms with E-state index in [4.69, 9.17) is 9.47 Å². The van der Waals surface area contributed by atoms with Crippen molar-refractivity contribution in [2.75, 3.05) is 20.3 Å². The lowest BCUT2D eigenvalue weighted by molar-refractivity contribution is -0.0982. The molecule has 0 saturated carbocycles. The molecule has 0 aliphatic carbocycles. The molecule has 4 heteroatoms. The lowest BCUT2D eigenvalue weighted by atomic mass is 9.66. The number of nitrogens with one attached hydrogen (secondary N) is 1. The van der Waals surface area contributed by atoms with Crippen LogP contribution in [0.1, 0.15) is 50.7 Å². The maximum Gasteiger partial charge on any atom is 0.123 e. The summed E-state index contributed by atoms with van der Waals surface area (Å²) >= 11 is 0. The van der Waals surface area contributed by atoms with E-state index in [1.165, 1.54) is 17.7 Å². The third kappa shape index (κ3) is 4.73. The van der Waals surface area contributed by atoms with Crippen LogP contribution in [-0.4, -0.2) is 25.9 Å². The van der Waals surface area contributed by atoms with Gasteiger partial charge < -0.3 is 14.8 Å². The molecule has 2 atom stereocenters. The van der Waals surface area contributed by atoms with E-state index in [1.54, 1.807) is 7.11 Å². The zero-order chi connectivity index (χ0) is 20.0. The summed E-state index contributed by atoms with van der Waals surface area (Å²) < 4.78 is 25.0. The second-order valence-electron chi connectivity index (χ2n) is 8.11. The van der Waals surface area contributed by atoms with Gasteiger partial charge in [0.05, 0.1) is 12.7 Å². The molecule has 0 unspecified atom stereocenters. The third-order valence-corrected chi connectivity index (χ3v) is 6.19. The Labute approximate surface area is 168 Å². The second-order valence-corrected chi connectivity index (χ2v) is 8.11. The van der Waals surface area contributed by atoms with Crippen LogP contribution in [0.25, 0.3) is 0 Å². The van der Waals surface area contributed by atoms with Crippen LogP contribution >= 0.6 is 0 Å². The van der Waals surface area contributed by atoms with Gasteiger partial charge in [-0.15, -0.1) is 0 Å². The lowest BCUT2D eigenvalue weighted by Gasteiger charge is -2.47. The van der Waals surface area contributed by atoms with Gasteiger partial charge in [0.15, 0.2) is 0 Å². The molecule has 0 amide bonds. The van der Waals surface area contributed by atoms with E-state index in [0.717, 1.165) is 56.7 Å². The van der Waals surface area contributed by atoms with E-state index in [9.17, 15) is 4.39 Å². The number of ether oxygens (including phenoxy) is 2. The Hall–Kier alpha value is -1.91. The van der Waals surface area contributed by atoms with Crippen LogP contribution < -0.4 is 10.1 Å². The van der Waals surface area contributed by atoms with Crippen molar-refractivity contribution >= 4 is 0 Å². The molecule has 0 spiro atoms. The first-order valence-electron chi connectivity index (χ1n) is 10.2. The summed E-state index contributed by atoms with van der Waals surface area (Å²) in [4.78, 5) is 0. The van der Waals surface area contributed by atoms with Crippen molar-refractivity contribution < 1.29 is 13.9 Å². The van der Waals surface area contributed by atoms with Crippen molar-refractivity contribution in [3.05, 3.63) is 65.5 Å². The Bertz CT molecular complexity index is 763. The average molecular weight is 386 g/mol. The van der Waals surface area contributed by atoms with Crippen molar-refractivity contribution in [1.82, 2.24) is 5.32 Å². The molecule has 1 N–H and O–H groups in total. The lowest BCUT2D eigenvalue weighted by Crippen LogP contribution is -2.46. The Morgan fingerprint density at radius 2 is 1.89 bits per heavy atom. The van der Waals surface area contributed by atoms with E-state index in [0.29, 0.717) is 0 Å². The third-order valence-electron chi connectivity index (χ3n) is 6.19. The number of hydrogen-bond donors (Lipinski definition) is 1. The van der Waals surface area contributed by atoms with Gasteiger partial charge in [0.25, 0.3) is 0 Å². The fourth-order valence-corrected chi connectivity index (χ4v) is 4.40. The van der Waals surface area contributed by atoms with E-state index in [2.05, 4.69) is 37.4 Å². The van der Waals surface area contributed by atoms with Crippen LogP contribution in [0.3, 0.4) is 0 Å². The van der Waals surface area contributed by atoms with Gasteiger partial charge in [-0.1, -0.05) is 37.3 Å². The molecule has 0 bridgehead atoms. The van der Waals surface area contributed by atoms with Gasteiger partial charge in [-0.2, -0.15) is 0 Å². The number of benzene rings is 2. The topological polar surface area (TPSA) is 30.5 Å². The predicted octanol–water partition coefficient (Wildman–Crippen LogP) is 5.23. The Balaban J connectivity index is 1.76. The number of rotatable bonds is 8. The summed E-state index contributed by atoms with van der Waals surface area (Å²) in [5.74, 6) is 0.765. The van der Waals surface area contributed by atoms with Crippen molar-refractivity contribution in [3.8, 4) is 5.75 Å². The monoisotopic (exact) mass is 385 g/mol. The quantitative estimate of drug-likeness (QED) is 0.631. The summed E-state index contributed by atoms with van der Waals surface area (Å²) in [6, 6.07) is 15.1. The van der Waals surface area contributed by atoms with Crippen molar-refractivity contribution in [3.63, 3.8) is 0 Å². The molecule has 0 aromatic heterocycles. The minimum absolute atomic E-state index is 0.0193. The highest BCUT2D eigenvalue weighted by atomic mass is 19.1. The molecule has 1 heterocycles. The van der Waals surface area contributed by atoms with Crippen LogP contribution in [0, 0.1) is 5.82 Å². The minimum atomic E-state index is -0.195. The van der Waals surface area contributed by atoms with Gasteiger partial charge >= 0.3 is 0 Å². The van der Waals surface area contributed by atoms with E-state index < -0.39 is 0 Å². The molecule has 152 valence electrons. The number of para-hydroxylation sites is 1. The van der Waals surface area contributed by atoms with Crippen molar-refractivity contribution in [1.29, 1.82) is 0 Å². The molecule has 3 nitrogen and oxygen atoms in total. The normalized spacial score (nSPS) is 24.9. The first-order valence-corrected chi connectivity index (χ1v) is 10.2. The maximum absolute atomic E-state index is 13.1. The van der Waals surface area contributed by atoms with Crippen LogP contribution in [0.15, 0.2) is 48.5 Å². The van der Waals surface area contributed by atoms with Crippen molar-refractivity contribution in [2.45, 2.75) is 57.1 Å². The molecule has 1 aliphatic rings.